The van der Waals surface area contributed by atoms with Crippen LogP contribution in [0.15, 0.2) is 54.6 Å². The maximum Gasteiger partial charge on any atom is 0.234 e. The standard InChI is InChI=1S/C21H21N5OS/c1-2-4-17(5-3-1)18-8-6-16(7-9-18)14-20-24-26-19(22-23-21(26)28-20)15-25-10-12-27-13-11-25/h1-9H,10-15H2. The van der Waals surface area contributed by atoms with E-state index < -0.39 is 0 Å². The fraction of sp³-hybridized carbons (Fsp3) is 0.286. The summed E-state index contributed by atoms with van der Waals surface area (Å²) >= 11 is 1.61. The van der Waals surface area contributed by atoms with E-state index in [9.17, 15) is 0 Å². The van der Waals surface area contributed by atoms with E-state index in [0.29, 0.717) is 0 Å². The summed E-state index contributed by atoms with van der Waals surface area (Å²) in [5.41, 5.74) is 3.72. The van der Waals surface area contributed by atoms with Gasteiger partial charge in [0.25, 0.3) is 0 Å². The molecule has 2 aromatic carbocycles. The monoisotopic (exact) mass is 391 g/mol. The minimum atomic E-state index is 0.763. The predicted molar refractivity (Wildman–Crippen MR) is 109 cm³/mol. The van der Waals surface area contributed by atoms with Crippen LogP contribution in [0.4, 0.5) is 0 Å². The van der Waals surface area contributed by atoms with Gasteiger partial charge in [0.05, 0.1) is 19.8 Å². The van der Waals surface area contributed by atoms with E-state index in [-0.39, 0.29) is 0 Å². The number of morpholine rings is 1. The predicted octanol–water partition coefficient (Wildman–Crippen LogP) is 3.28. The summed E-state index contributed by atoms with van der Waals surface area (Å²) in [4.78, 5) is 3.19. The van der Waals surface area contributed by atoms with Gasteiger partial charge in [0.1, 0.15) is 5.01 Å². The normalized spacial score (nSPS) is 15.3. The molecular weight excluding hydrogens is 370 g/mol. The minimum absolute atomic E-state index is 0.763. The summed E-state index contributed by atoms with van der Waals surface area (Å²) in [5, 5.41) is 14.5. The lowest BCUT2D eigenvalue weighted by Crippen LogP contribution is -2.36. The zero-order valence-corrected chi connectivity index (χ0v) is 16.3. The second-order valence-electron chi connectivity index (χ2n) is 6.93. The van der Waals surface area contributed by atoms with E-state index in [1.165, 1.54) is 16.7 Å². The average Bonchev–Trinajstić information content (AvgIpc) is 3.31. The first-order chi connectivity index (χ1) is 13.8. The smallest absolute Gasteiger partial charge is 0.234 e. The molecule has 0 amide bonds. The zero-order valence-electron chi connectivity index (χ0n) is 15.5. The summed E-state index contributed by atoms with van der Waals surface area (Å²) in [6.07, 6.45) is 0.806. The number of nitrogens with zero attached hydrogens (tertiary/aromatic N) is 5. The van der Waals surface area contributed by atoms with Gasteiger partial charge >= 0.3 is 0 Å². The van der Waals surface area contributed by atoms with Crippen LogP contribution in [-0.4, -0.2) is 51.0 Å². The van der Waals surface area contributed by atoms with Crippen LogP contribution in [0.5, 0.6) is 0 Å². The highest BCUT2D eigenvalue weighted by atomic mass is 32.1. The minimum Gasteiger partial charge on any atom is -0.379 e. The third-order valence-electron chi connectivity index (χ3n) is 4.98. The molecule has 0 atom stereocenters. The number of hydrogen-bond donors (Lipinski definition) is 0. The Labute approximate surface area is 167 Å². The highest BCUT2D eigenvalue weighted by Gasteiger charge is 2.17. The maximum atomic E-state index is 5.42. The van der Waals surface area contributed by atoms with Crippen molar-refractivity contribution in [3.63, 3.8) is 0 Å². The molecular formula is C21H21N5OS. The Morgan fingerprint density at radius 1 is 0.893 bits per heavy atom. The Hall–Kier alpha value is -2.61. The van der Waals surface area contributed by atoms with Gasteiger partial charge in [0, 0.05) is 19.5 Å². The molecule has 3 heterocycles. The Balaban J connectivity index is 1.31. The fourth-order valence-corrected chi connectivity index (χ4v) is 4.33. The number of fused-ring (bicyclic) bond motifs is 1. The first-order valence-corrected chi connectivity index (χ1v) is 10.3. The molecule has 1 saturated heterocycles. The Morgan fingerprint density at radius 3 is 2.43 bits per heavy atom. The van der Waals surface area contributed by atoms with Crippen molar-refractivity contribution in [3.05, 3.63) is 71.0 Å². The molecule has 0 saturated carbocycles. The Bertz CT molecular complexity index is 1050. The number of hydrogen-bond acceptors (Lipinski definition) is 6. The van der Waals surface area contributed by atoms with E-state index >= 15 is 0 Å². The first kappa shape index (κ1) is 17.5. The summed E-state index contributed by atoms with van der Waals surface area (Å²) in [7, 11) is 0. The quantitative estimate of drug-likeness (QED) is 0.523. The second kappa shape index (κ2) is 7.79. The van der Waals surface area contributed by atoms with E-state index in [1.54, 1.807) is 11.3 Å². The highest BCUT2D eigenvalue weighted by molar-refractivity contribution is 7.16. The SMILES string of the molecule is c1ccc(-c2ccc(Cc3nn4c(CN5CCOCC5)nnc4s3)cc2)cc1. The lowest BCUT2D eigenvalue weighted by molar-refractivity contribution is 0.0328. The van der Waals surface area contributed by atoms with Crippen molar-refractivity contribution in [1.82, 2.24) is 24.7 Å². The molecule has 0 bridgehead atoms. The van der Waals surface area contributed by atoms with E-state index in [4.69, 9.17) is 9.84 Å². The van der Waals surface area contributed by atoms with Crippen molar-refractivity contribution in [2.75, 3.05) is 26.3 Å². The molecule has 0 radical (unpaired) electrons. The van der Waals surface area contributed by atoms with Crippen molar-refractivity contribution in [2.24, 2.45) is 0 Å². The fourth-order valence-electron chi connectivity index (χ4n) is 3.45. The van der Waals surface area contributed by atoms with Crippen LogP contribution in [-0.2, 0) is 17.7 Å². The molecule has 7 heteroatoms. The third kappa shape index (κ3) is 3.69. The highest BCUT2D eigenvalue weighted by Crippen LogP contribution is 2.22. The van der Waals surface area contributed by atoms with E-state index in [1.807, 2.05) is 10.6 Å². The maximum absolute atomic E-state index is 5.42. The van der Waals surface area contributed by atoms with Gasteiger partial charge in [-0.05, 0) is 16.7 Å². The molecule has 28 heavy (non-hydrogen) atoms. The van der Waals surface area contributed by atoms with Crippen LogP contribution in [0.25, 0.3) is 16.1 Å². The number of benzene rings is 2. The van der Waals surface area contributed by atoms with Crippen LogP contribution < -0.4 is 0 Å². The van der Waals surface area contributed by atoms with Crippen LogP contribution in [0, 0.1) is 0 Å². The largest absolute Gasteiger partial charge is 0.379 e. The van der Waals surface area contributed by atoms with Crippen molar-refractivity contribution in [2.45, 2.75) is 13.0 Å². The molecule has 4 aromatic rings. The van der Waals surface area contributed by atoms with Gasteiger partial charge in [0.15, 0.2) is 5.82 Å². The molecule has 0 aliphatic carbocycles. The average molecular weight is 392 g/mol. The Kier molecular flexibility index (Phi) is 4.86. The summed E-state index contributed by atoms with van der Waals surface area (Å²) in [6.45, 7) is 4.19. The summed E-state index contributed by atoms with van der Waals surface area (Å²) in [5.74, 6) is 0.902. The van der Waals surface area contributed by atoms with E-state index in [0.717, 1.165) is 55.1 Å². The van der Waals surface area contributed by atoms with Crippen molar-refractivity contribution in [3.8, 4) is 11.1 Å². The van der Waals surface area contributed by atoms with Crippen molar-refractivity contribution < 1.29 is 4.74 Å². The van der Waals surface area contributed by atoms with Gasteiger partial charge in [-0.25, -0.2) is 0 Å². The topological polar surface area (TPSA) is 55.5 Å². The van der Waals surface area contributed by atoms with Gasteiger partial charge in [-0.15, -0.1) is 10.2 Å². The van der Waals surface area contributed by atoms with Crippen molar-refractivity contribution in [1.29, 1.82) is 0 Å². The Morgan fingerprint density at radius 2 is 1.64 bits per heavy atom. The molecule has 1 aliphatic rings. The lowest BCUT2D eigenvalue weighted by atomic mass is 10.0. The molecule has 1 fully saturated rings. The van der Waals surface area contributed by atoms with Crippen LogP contribution in [0.2, 0.25) is 0 Å². The van der Waals surface area contributed by atoms with Gasteiger partial charge in [0.2, 0.25) is 4.96 Å². The number of rotatable bonds is 5. The third-order valence-corrected chi connectivity index (χ3v) is 5.88. The van der Waals surface area contributed by atoms with Gasteiger partial charge in [-0.1, -0.05) is 65.9 Å². The molecule has 142 valence electrons. The molecule has 2 aromatic heterocycles. The van der Waals surface area contributed by atoms with Gasteiger partial charge < -0.3 is 4.74 Å². The molecule has 0 N–H and O–H groups in total. The number of ether oxygens (including phenoxy) is 1. The van der Waals surface area contributed by atoms with E-state index in [2.05, 4.69) is 63.6 Å². The zero-order chi connectivity index (χ0) is 18.8. The first-order valence-electron chi connectivity index (χ1n) is 9.50. The molecule has 0 spiro atoms. The summed E-state index contributed by atoms with van der Waals surface area (Å²) in [6, 6.07) is 19.1. The van der Waals surface area contributed by atoms with Gasteiger partial charge in [-0.2, -0.15) is 9.61 Å². The lowest BCUT2D eigenvalue weighted by Gasteiger charge is -2.25. The molecule has 1 aliphatic heterocycles. The van der Waals surface area contributed by atoms with Crippen LogP contribution in [0.3, 0.4) is 0 Å². The molecule has 0 unspecified atom stereocenters. The summed E-state index contributed by atoms with van der Waals surface area (Å²) < 4.78 is 7.31. The van der Waals surface area contributed by atoms with Crippen LogP contribution >= 0.6 is 11.3 Å². The molecule has 6 nitrogen and oxygen atoms in total. The van der Waals surface area contributed by atoms with Crippen molar-refractivity contribution >= 4 is 16.3 Å². The number of aromatic nitrogens is 4. The van der Waals surface area contributed by atoms with Crippen LogP contribution in [0.1, 0.15) is 16.4 Å². The second-order valence-corrected chi connectivity index (χ2v) is 7.98. The van der Waals surface area contributed by atoms with Gasteiger partial charge in [-0.3, -0.25) is 4.90 Å². The molecule has 5 rings (SSSR count).